The molecule has 0 spiro atoms. The van der Waals surface area contributed by atoms with Gasteiger partial charge in [-0.3, -0.25) is 0 Å². The number of aliphatic hydroxyl groups excluding tert-OH is 1. The molecular weight excluding hydrogens is 224 g/mol. The van der Waals surface area contributed by atoms with E-state index in [0.29, 0.717) is 0 Å². The molecule has 4 heteroatoms. The molecule has 1 aromatic heterocycles. The zero-order valence-electron chi connectivity index (χ0n) is 7.50. The molecule has 0 aliphatic rings. The molecule has 0 bridgehead atoms. The predicted octanol–water partition coefficient (Wildman–Crippen LogP) is 3.06. The van der Waals surface area contributed by atoms with Gasteiger partial charge in [-0.1, -0.05) is 11.6 Å². The Morgan fingerprint density at radius 1 is 1.62 bits per heavy atom. The molecule has 0 aromatic carbocycles. The number of hydrogen-bond acceptors (Lipinski definition) is 3. The molecule has 0 saturated carbocycles. The third-order valence-electron chi connectivity index (χ3n) is 1.72. The molecule has 1 rings (SSSR count). The predicted molar refractivity (Wildman–Crippen MR) is 62.0 cm³/mol. The summed E-state index contributed by atoms with van der Waals surface area (Å²) in [6.07, 6.45) is 3.42. The van der Waals surface area contributed by atoms with Crippen LogP contribution >= 0.6 is 34.7 Å². The highest BCUT2D eigenvalue weighted by Gasteiger charge is 2.06. The van der Waals surface area contributed by atoms with Crippen LogP contribution < -0.4 is 0 Å². The van der Waals surface area contributed by atoms with Gasteiger partial charge in [-0.25, -0.2) is 0 Å². The highest BCUT2D eigenvalue weighted by molar-refractivity contribution is 7.98. The van der Waals surface area contributed by atoms with Crippen LogP contribution in [0.25, 0.3) is 0 Å². The normalized spacial score (nSPS) is 13.2. The average molecular weight is 237 g/mol. The van der Waals surface area contributed by atoms with Gasteiger partial charge in [0, 0.05) is 11.3 Å². The van der Waals surface area contributed by atoms with Gasteiger partial charge in [0.05, 0.1) is 10.4 Å². The fourth-order valence-electron chi connectivity index (χ4n) is 1.05. The molecule has 0 radical (unpaired) electrons. The molecule has 1 aromatic rings. The van der Waals surface area contributed by atoms with Crippen molar-refractivity contribution in [2.75, 3.05) is 12.0 Å². The third kappa shape index (κ3) is 4.36. The number of hydrogen-bond donors (Lipinski definition) is 1. The highest BCUT2D eigenvalue weighted by Crippen LogP contribution is 2.23. The first-order valence-electron chi connectivity index (χ1n) is 4.13. The maximum Gasteiger partial charge on any atom is 0.0931 e. The Kier molecular flexibility index (Phi) is 5.17. The lowest BCUT2D eigenvalue weighted by Gasteiger charge is -2.07. The quantitative estimate of drug-likeness (QED) is 0.848. The second-order valence-electron chi connectivity index (χ2n) is 2.85. The van der Waals surface area contributed by atoms with Gasteiger partial charge in [0.2, 0.25) is 0 Å². The molecule has 13 heavy (non-hydrogen) atoms. The molecule has 0 aliphatic heterocycles. The van der Waals surface area contributed by atoms with Crippen molar-refractivity contribution in [2.24, 2.45) is 0 Å². The fourth-order valence-corrected chi connectivity index (χ4v) is 2.72. The van der Waals surface area contributed by atoms with E-state index in [2.05, 4.69) is 6.26 Å². The first-order valence-corrected chi connectivity index (χ1v) is 6.72. The summed E-state index contributed by atoms with van der Waals surface area (Å²) in [6, 6.07) is 3.86. The molecule has 1 heterocycles. The minimum atomic E-state index is -0.220. The molecule has 0 saturated heterocycles. The zero-order chi connectivity index (χ0) is 9.68. The van der Waals surface area contributed by atoms with Crippen LogP contribution in [0.2, 0.25) is 4.34 Å². The number of thioether (sulfide) groups is 1. The Balaban J connectivity index is 2.31. The van der Waals surface area contributed by atoms with E-state index in [0.717, 1.165) is 22.9 Å². The molecule has 0 amide bonds. The average Bonchev–Trinajstić information content (AvgIpc) is 2.48. The Labute approximate surface area is 92.1 Å². The lowest BCUT2D eigenvalue weighted by Crippen LogP contribution is -2.10. The SMILES string of the molecule is CSCCC(O)Cc1ccc(Cl)s1. The van der Waals surface area contributed by atoms with Crippen molar-refractivity contribution in [3.8, 4) is 0 Å². The summed E-state index contributed by atoms with van der Waals surface area (Å²) < 4.78 is 0.798. The maximum absolute atomic E-state index is 9.59. The standard InChI is InChI=1S/C9H13ClOS2/c1-12-5-4-7(11)6-8-2-3-9(10)13-8/h2-3,7,11H,4-6H2,1H3. The highest BCUT2D eigenvalue weighted by atomic mass is 35.5. The summed E-state index contributed by atoms with van der Waals surface area (Å²) in [5.41, 5.74) is 0. The van der Waals surface area contributed by atoms with Crippen molar-refractivity contribution in [1.82, 2.24) is 0 Å². The summed E-state index contributed by atoms with van der Waals surface area (Å²) in [6.45, 7) is 0. The van der Waals surface area contributed by atoms with Crippen molar-refractivity contribution in [3.05, 3.63) is 21.3 Å². The summed E-state index contributed by atoms with van der Waals surface area (Å²) >= 11 is 9.09. The van der Waals surface area contributed by atoms with Gasteiger partial charge >= 0.3 is 0 Å². The summed E-state index contributed by atoms with van der Waals surface area (Å²) in [5, 5.41) is 9.59. The van der Waals surface area contributed by atoms with Crippen molar-refractivity contribution in [3.63, 3.8) is 0 Å². The van der Waals surface area contributed by atoms with Crippen LogP contribution in [0.3, 0.4) is 0 Å². The lowest BCUT2D eigenvalue weighted by molar-refractivity contribution is 0.173. The Morgan fingerprint density at radius 3 is 2.92 bits per heavy atom. The molecule has 0 fully saturated rings. The van der Waals surface area contributed by atoms with Crippen molar-refractivity contribution < 1.29 is 5.11 Å². The van der Waals surface area contributed by atoms with Crippen molar-refractivity contribution >= 4 is 34.7 Å². The summed E-state index contributed by atoms with van der Waals surface area (Å²) in [5.74, 6) is 1.01. The van der Waals surface area contributed by atoms with Gasteiger partial charge in [0.15, 0.2) is 0 Å². The summed E-state index contributed by atoms with van der Waals surface area (Å²) in [4.78, 5) is 1.17. The van der Waals surface area contributed by atoms with E-state index in [-0.39, 0.29) is 6.10 Å². The number of rotatable bonds is 5. The summed E-state index contributed by atoms with van der Waals surface area (Å²) in [7, 11) is 0. The molecule has 0 aliphatic carbocycles. The Bertz CT molecular complexity index is 250. The second kappa shape index (κ2) is 5.91. The Morgan fingerprint density at radius 2 is 2.38 bits per heavy atom. The largest absolute Gasteiger partial charge is 0.393 e. The zero-order valence-corrected chi connectivity index (χ0v) is 9.88. The number of aliphatic hydroxyl groups is 1. The van der Waals surface area contributed by atoms with Crippen LogP contribution in [0.1, 0.15) is 11.3 Å². The second-order valence-corrected chi connectivity index (χ2v) is 5.63. The van der Waals surface area contributed by atoms with Gasteiger partial charge < -0.3 is 5.11 Å². The van der Waals surface area contributed by atoms with Crippen molar-refractivity contribution in [2.45, 2.75) is 18.9 Å². The molecular formula is C9H13ClOS2. The fraction of sp³-hybridized carbons (Fsp3) is 0.556. The maximum atomic E-state index is 9.59. The van der Waals surface area contributed by atoms with E-state index < -0.39 is 0 Å². The first kappa shape index (κ1) is 11.4. The molecule has 1 unspecified atom stereocenters. The number of halogens is 1. The van der Waals surface area contributed by atoms with Crippen LogP contribution in [0, 0.1) is 0 Å². The van der Waals surface area contributed by atoms with Crippen molar-refractivity contribution in [1.29, 1.82) is 0 Å². The van der Waals surface area contributed by atoms with E-state index in [4.69, 9.17) is 11.6 Å². The van der Waals surface area contributed by atoms with E-state index in [9.17, 15) is 5.11 Å². The van der Waals surface area contributed by atoms with Gasteiger partial charge in [-0.2, -0.15) is 11.8 Å². The van der Waals surface area contributed by atoms with Gasteiger partial charge in [-0.15, -0.1) is 11.3 Å². The lowest BCUT2D eigenvalue weighted by atomic mass is 10.2. The smallest absolute Gasteiger partial charge is 0.0931 e. The number of thiophene rings is 1. The topological polar surface area (TPSA) is 20.2 Å². The van der Waals surface area contributed by atoms with Crippen LogP contribution in [-0.4, -0.2) is 23.2 Å². The van der Waals surface area contributed by atoms with E-state index >= 15 is 0 Å². The van der Waals surface area contributed by atoms with E-state index in [1.165, 1.54) is 4.88 Å². The molecule has 1 nitrogen and oxygen atoms in total. The van der Waals surface area contributed by atoms with Gasteiger partial charge in [0.25, 0.3) is 0 Å². The van der Waals surface area contributed by atoms with Crippen LogP contribution in [0.15, 0.2) is 12.1 Å². The van der Waals surface area contributed by atoms with Gasteiger partial charge in [-0.05, 0) is 30.6 Å². The van der Waals surface area contributed by atoms with Gasteiger partial charge in [0.1, 0.15) is 0 Å². The van der Waals surface area contributed by atoms with Crippen LogP contribution in [-0.2, 0) is 6.42 Å². The minimum absolute atomic E-state index is 0.220. The van der Waals surface area contributed by atoms with E-state index in [1.807, 2.05) is 12.1 Å². The molecule has 1 atom stereocenters. The molecule has 1 N–H and O–H groups in total. The van der Waals surface area contributed by atoms with Crippen LogP contribution in [0.5, 0.6) is 0 Å². The van der Waals surface area contributed by atoms with Crippen LogP contribution in [0.4, 0.5) is 0 Å². The Hall–Kier alpha value is 0.300. The third-order valence-corrected chi connectivity index (χ3v) is 3.62. The minimum Gasteiger partial charge on any atom is -0.393 e. The monoisotopic (exact) mass is 236 g/mol. The first-order chi connectivity index (χ1) is 6.22. The molecule has 74 valence electrons. The van der Waals surface area contributed by atoms with E-state index in [1.54, 1.807) is 23.1 Å².